The van der Waals surface area contributed by atoms with Gasteiger partial charge in [0, 0.05) is 36.2 Å². The molecule has 0 saturated heterocycles. The number of esters is 1. The van der Waals surface area contributed by atoms with Gasteiger partial charge in [-0.1, -0.05) is 41.4 Å². The topological polar surface area (TPSA) is 90.9 Å². The van der Waals surface area contributed by atoms with E-state index >= 15 is 0 Å². The van der Waals surface area contributed by atoms with Crippen LogP contribution in [0.5, 0.6) is 0 Å². The smallest absolute Gasteiger partial charge is 0.334 e. The van der Waals surface area contributed by atoms with Crippen molar-refractivity contribution in [2.24, 2.45) is 0 Å². The van der Waals surface area contributed by atoms with Gasteiger partial charge in [-0.25, -0.2) is 4.79 Å². The molecular formula is C20H22Cl2NO6P. The summed E-state index contributed by atoms with van der Waals surface area (Å²) in [6, 6.07) is 10.4. The number of halogens is 2. The van der Waals surface area contributed by atoms with Crippen LogP contribution in [0.3, 0.4) is 0 Å². The van der Waals surface area contributed by atoms with Crippen molar-refractivity contribution in [2.75, 3.05) is 21.3 Å². The van der Waals surface area contributed by atoms with E-state index in [9.17, 15) is 14.2 Å². The average molecular weight is 474 g/mol. The minimum Gasteiger partial charge on any atom is -0.467 e. The predicted molar refractivity (Wildman–Crippen MR) is 115 cm³/mol. The first-order chi connectivity index (χ1) is 14.2. The first-order valence-corrected chi connectivity index (χ1v) is 11.3. The maximum Gasteiger partial charge on any atom is 0.334 e. The first kappa shape index (κ1) is 24.4. The summed E-state index contributed by atoms with van der Waals surface area (Å²) in [7, 11) is 0.633. The maximum atomic E-state index is 12.7. The van der Waals surface area contributed by atoms with Gasteiger partial charge in [0.2, 0.25) is 0 Å². The highest BCUT2D eigenvalue weighted by molar-refractivity contribution is 7.52. The van der Waals surface area contributed by atoms with Gasteiger partial charge in [0.05, 0.1) is 13.3 Å². The zero-order valence-corrected chi connectivity index (χ0v) is 19.1. The van der Waals surface area contributed by atoms with Gasteiger partial charge < -0.3 is 19.1 Å². The fourth-order valence-electron chi connectivity index (χ4n) is 2.70. The van der Waals surface area contributed by atoms with Gasteiger partial charge in [0.1, 0.15) is 6.04 Å². The summed E-state index contributed by atoms with van der Waals surface area (Å²) in [4.78, 5) is 24.9. The Balaban J connectivity index is 2.16. The average Bonchev–Trinajstić information content (AvgIpc) is 2.75. The van der Waals surface area contributed by atoms with Gasteiger partial charge in [0.25, 0.3) is 5.91 Å². The molecule has 0 aliphatic rings. The van der Waals surface area contributed by atoms with Crippen LogP contribution in [0.2, 0.25) is 10.0 Å². The second-order valence-corrected chi connectivity index (χ2v) is 9.37. The number of rotatable bonds is 9. The van der Waals surface area contributed by atoms with E-state index in [4.69, 9.17) is 37.0 Å². The summed E-state index contributed by atoms with van der Waals surface area (Å²) >= 11 is 12.4. The molecule has 1 amide bonds. The molecule has 0 saturated carbocycles. The lowest BCUT2D eigenvalue weighted by atomic mass is 10.0. The molecule has 0 aliphatic heterocycles. The molecule has 0 radical (unpaired) electrons. The van der Waals surface area contributed by atoms with Crippen LogP contribution < -0.4 is 5.32 Å². The molecule has 0 spiro atoms. The number of amides is 1. The fourth-order valence-corrected chi connectivity index (χ4v) is 4.31. The number of ether oxygens (including phenoxy) is 1. The Morgan fingerprint density at radius 2 is 1.57 bits per heavy atom. The van der Waals surface area contributed by atoms with Crippen LogP contribution in [-0.2, 0) is 35.7 Å². The van der Waals surface area contributed by atoms with E-state index in [-0.39, 0.29) is 12.6 Å². The summed E-state index contributed by atoms with van der Waals surface area (Å²) in [5.41, 5.74) is 1.51. The molecule has 0 bridgehead atoms. The van der Waals surface area contributed by atoms with Crippen LogP contribution >= 0.6 is 30.8 Å². The van der Waals surface area contributed by atoms with Crippen molar-refractivity contribution in [1.29, 1.82) is 0 Å². The van der Waals surface area contributed by atoms with E-state index in [2.05, 4.69) is 5.32 Å². The predicted octanol–water partition coefficient (Wildman–Crippen LogP) is 4.49. The summed E-state index contributed by atoms with van der Waals surface area (Å²) in [5.74, 6) is -1.11. The lowest BCUT2D eigenvalue weighted by Gasteiger charge is -2.18. The Kier molecular flexibility index (Phi) is 8.89. The van der Waals surface area contributed by atoms with Crippen LogP contribution in [0.4, 0.5) is 0 Å². The molecule has 1 N–H and O–H groups in total. The number of carbonyl (C=O) groups excluding carboxylic acids is 2. The molecule has 1 atom stereocenters. The Hall–Kier alpha value is -1.89. The highest BCUT2D eigenvalue weighted by Gasteiger charge is 2.25. The molecule has 0 unspecified atom stereocenters. The van der Waals surface area contributed by atoms with Crippen molar-refractivity contribution in [2.45, 2.75) is 18.6 Å². The van der Waals surface area contributed by atoms with E-state index in [1.165, 1.54) is 21.3 Å². The van der Waals surface area contributed by atoms with Crippen molar-refractivity contribution >= 4 is 42.7 Å². The molecule has 10 heteroatoms. The number of benzene rings is 2. The zero-order chi connectivity index (χ0) is 22.3. The normalized spacial score (nSPS) is 12.3. The van der Waals surface area contributed by atoms with Crippen LogP contribution in [0, 0.1) is 0 Å². The molecule has 2 rings (SSSR count). The van der Waals surface area contributed by atoms with Crippen molar-refractivity contribution in [1.82, 2.24) is 5.32 Å². The Morgan fingerprint density at radius 1 is 1.00 bits per heavy atom. The van der Waals surface area contributed by atoms with Crippen LogP contribution in [-0.4, -0.2) is 39.2 Å². The number of methoxy groups -OCH3 is 1. The van der Waals surface area contributed by atoms with Crippen LogP contribution in [0.15, 0.2) is 42.5 Å². The van der Waals surface area contributed by atoms with E-state index < -0.39 is 25.5 Å². The van der Waals surface area contributed by atoms with Crippen molar-refractivity contribution in [3.05, 3.63) is 69.2 Å². The maximum absolute atomic E-state index is 12.7. The highest BCUT2D eigenvalue weighted by Crippen LogP contribution is 2.49. The quantitative estimate of drug-likeness (QED) is 0.426. The number of carbonyl (C=O) groups is 2. The zero-order valence-electron chi connectivity index (χ0n) is 16.7. The second-order valence-electron chi connectivity index (χ2n) is 6.28. The Labute approximate surface area is 185 Å². The standard InChI is InChI=1S/C20H22Cl2NO6P/c1-27-20(25)18(11-15-16(21)5-4-6-17(15)22)23-19(24)14-9-7-13(8-10-14)12-30(26,28-2)29-3/h4-10,18H,11-12H2,1-3H3,(H,23,24)/t18-/m1/s1. The molecule has 2 aromatic rings. The molecule has 2 aromatic carbocycles. The van der Waals surface area contributed by atoms with Crippen molar-refractivity contribution in [3.63, 3.8) is 0 Å². The lowest BCUT2D eigenvalue weighted by Crippen LogP contribution is -2.43. The van der Waals surface area contributed by atoms with E-state index in [0.29, 0.717) is 26.7 Å². The van der Waals surface area contributed by atoms with Gasteiger partial charge >= 0.3 is 13.6 Å². The largest absolute Gasteiger partial charge is 0.467 e. The van der Waals surface area contributed by atoms with Gasteiger partial charge in [-0.05, 0) is 35.4 Å². The van der Waals surface area contributed by atoms with Gasteiger partial charge in [-0.2, -0.15) is 0 Å². The van der Waals surface area contributed by atoms with Crippen LogP contribution in [0.1, 0.15) is 21.5 Å². The lowest BCUT2D eigenvalue weighted by molar-refractivity contribution is -0.142. The second kappa shape index (κ2) is 10.9. The highest BCUT2D eigenvalue weighted by atomic mass is 35.5. The third-order valence-electron chi connectivity index (χ3n) is 4.41. The third-order valence-corrected chi connectivity index (χ3v) is 6.98. The molecule has 30 heavy (non-hydrogen) atoms. The molecule has 7 nitrogen and oxygen atoms in total. The van der Waals surface area contributed by atoms with Gasteiger partial charge in [-0.15, -0.1) is 0 Å². The Bertz CT molecular complexity index is 923. The minimum atomic E-state index is -3.22. The summed E-state index contributed by atoms with van der Waals surface area (Å²) in [6.07, 6.45) is 0.136. The molecular weight excluding hydrogens is 452 g/mol. The number of hydrogen-bond donors (Lipinski definition) is 1. The molecule has 0 fully saturated rings. The number of hydrogen-bond acceptors (Lipinski definition) is 6. The SMILES string of the molecule is COC(=O)[C@@H](Cc1c(Cl)cccc1Cl)NC(=O)c1ccc(CP(=O)(OC)OC)cc1. The summed E-state index contributed by atoms with van der Waals surface area (Å²) < 4.78 is 26.9. The Morgan fingerprint density at radius 3 is 2.07 bits per heavy atom. The first-order valence-electron chi connectivity index (χ1n) is 8.84. The van der Waals surface area contributed by atoms with Crippen LogP contribution in [0.25, 0.3) is 0 Å². The number of nitrogens with one attached hydrogen (secondary N) is 1. The summed E-state index contributed by atoms with van der Waals surface area (Å²) in [5, 5.41) is 3.41. The molecule has 0 aromatic heterocycles. The minimum absolute atomic E-state index is 0.0672. The molecule has 162 valence electrons. The van der Waals surface area contributed by atoms with E-state index in [1.807, 2.05) is 0 Å². The van der Waals surface area contributed by atoms with E-state index in [0.717, 1.165) is 0 Å². The van der Waals surface area contributed by atoms with E-state index in [1.54, 1.807) is 42.5 Å². The van der Waals surface area contributed by atoms with Crippen molar-refractivity contribution in [3.8, 4) is 0 Å². The fraction of sp³-hybridized carbons (Fsp3) is 0.300. The van der Waals surface area contributed by atoms with Gasteiger partial charge in [0.15, 0.2) is 0 Å². The monoisotopic (exact) mass is 473 g/mol. The third kappa shape index (κ3) is 6.30. The molecule has 0 heterocycles. The molecule has 0 aliphatic carbocycles. The summed E-state index contributed by atoms with van der Waals surface area (Å²) in [6.45, 7) is 0. The van der Waals surface area contributed by atoms with Crippen molar-refractivity contribution < 1.29 is 27.9 Å². The van der Waals surface area contributed by atoms with Gasteiger partial charge in [-0.3, -0.25) is 9.36 Å².